The molecule has 1 aliphatic heterocycles. The molecule has 182 valence electrons. The van der Waals surface area contributed by atoms with Gasteiger partial charge in [0, 0.05) is 30.6 Å². The van der Waals surface area contributed by atoms with Gasteiger partial charge in [-0.05, 0) is 30.7 Å². The first kappa shape index (κ1) is 23.3. The molecular weight excluding hydrogens is 442 g/mol. The van der Waals surface area contributed by atoms with Crippen molar-refractivity contribution in [2.75, 3.05) is 19.7 Å². The minimum absolute atomic E-state index is 0.182. The molecule has 0 radical (unpaired) electrons. The number of nitriles is 1. The molecule has 1 saturated carbocycles. The van der Waals surface area contributed by atoms with Crippen LogP contribution in [-0.4, -0.2) is 50.2 Å². The lowest BCUT2D eigenvalue weighted by Crippen LogP contribution is -2.30. The van der Waals surface area contributed by atoms with Crippen LogP contribution in [-0.2, 0) is 0 Å². The number of carbonyl (C=O) groups is 1. The molecule has 1 aliphatic carbocycles. The Bertz CT molecular complexity index is 1330. The molecule has 0 bridgehead atoms. The standard InChI is InChI=1S/C27H31N5O3/c1-17(16-33)25-24(27(35)31-12-11-18(14-28)15-31)26-29-22(13-23(34)32(26)30-25)21-9-7-20(8-10-21)19-5-3-2-4-6-19/h7-10,13,17-19,30,33H,2-6,11-12,15-16H2,1H3/t17-,18-/m0/s1. The van der Waals surface area contributed by atoms with E-state index in [1.54, 1.807) is 11.8 Å². The lowest BCUT2D eigenvalue weighted by Gasteiger charge is -2.22. The van der Waals surface area contributed by atoms with Gasteiger partial charge in [-0.15, -0.1) is 0 Å². The molecule has 5 rings (SSSR count). The number of aliphatic hydroxyl groups is 1. The van der Waals surface area contributed by atoms with E-state index in [9.17, 15) is 20.0 Å². The quantitative estimate of drug-likeness (QED) is 0.585. The van der Waals surface area contributed by atoms with Crippen LogP contribution in [0.4, 0.5) is 0 Å². The minimum atomic E-state index is -0.386. The lowest BCUT2D eigenvalue weighted by atomic mass is 9.84. The van der Waals surface area contributed by atoms with E-state index in [0.717, 1.165) is 5.56 Å². The topological polar surface area (TPSA) is 114 Å². The summed E-state index contributed by atoms with van der Waals surface area (Å²) >= 11 is 0. The molecule has 8 heteroatoms. The fourth-order valence-corrected chi connectivity index (χ4v) is 5.43. The molecule has 2 N–H and O–H groups in total. The molecule has 1 amide bonds. The van der Waals surface area contributed by atoms with E-state index >= 15 is 0 Å². The number of aromatic amines is 1. The van der Waals surface area contributed by atoms with E-state index in [-0.39, 0.29) is 35.6 Å². The molecule has 0 unspecified atom stereocenters. The van der Waals surface area contributed by atoms with Crippen LogP contribution in [0.15, 0.2) is 35.1 Å². The van der Waals surface area contributed by atoms with Crippen LogP contribution in [0.5, 0.6) is 0 Å². The molecule has 3 aromatic rings. The second-order valence-electron chi connectivity index (χ2n) is 9.95. The largest absolute Gasteiger partial charge is 0.396 e. The third kappa shape index (κ3) is 4.37. The van der Waals surface area contributed by atoms with Crippen molar-refractivity contribution in [3.63, 3.8) is 0 Å². The molecule has 35 heavy (non-hydrogen) atoms. The highest BCUT2D eigenvalue weighted by Gasteiger charge is 2.32. The van der Waals surface area contributed by atoms with Gasteiger partial charge in [-0.3, -0.25) is 14.7 Å². The SMILES string of the molecule is C[C@@H](CO)c1[nH]n2c(=O)cc(-c3ccc(C4CCCCC4)cc3)nc2c1C(=O)N1CC[C@@H](C#N)C1. The molecule has 1 saturated heterocycles. The van der Waals surface area contributed by atoms with E-state index in [4.69, 9.17) is 4.98 Å². The minimum Gasteiger partial charge on any atom is -0.396 e. The van der Waals surface area contributed by atoms with Crippen LogP contribution in [0.3, 0.4) is 0 Å². The highest BCUT2D eigenvalue weighted by Crippen LogP contribution is 2.33. The maximum Gasteiger partial charge on any atom is 0.273 e. The van der Waals surface area contributed by atoms with Gasteiger partial charge in [-0.25, -0.2) is 9.50 Å². The maximum atomic E-state index is 13.6. The summed E-state index contributed by atoms with van der Waals surface area (Å²) in [5.74, 6) is -0.263. The van der Waals surface area contributed by atoms with E-state index in [1.807, 2.05) is 12.1 Å². The Balaban J connectivity index is 1.56. The summed E-state index contributed by atoms with van der Waals surface area (Å²) in [6.07, 6.45) is 6.91. The van der Waals surface area contributed by atoms with Gasteiger partial charge < -0.3 is 10.0 Å². The summed E-state index contributed by atoms with van der Waals surface area (Å²) < 4.78 is 1.28. The van der Waals surface area contributed by atoms with Crippen LogP contribution in [0.25, 0.3) is 16.9 Å². The number of likely N-dealkylation sites (tertiary alicyclic amines) is 1. The van der Waals surface area contributed by atoms with Crippen molar-refractivity contribution in [3.05, 3.63) is 57.5 Å². The molecule has 3 heterocycles. The maximum absolute atomic E-state index is 13.6. The monoisotopic (exact) mass is 473 g/mol. The second-order valence-corrected chi connectivity index (χ2v) is 9.95. The zero-order valence-electron chi connectivity index (χ0n) is 20.0. The summed E-state index contributed by atoms with van der Waals surface area (Å²) in [6.45, 7) is 2.44. The average Bonchev–Trinajstić information content (AvgIpc) is 3.54. The number of hydrogen-bond acceptors (Lipinski definition) is 5. The molecule has 0 spiro atoms. The number of aromatic nitrogens is 3. The number of fused-ring (bicyclic) bond motifs is 1. The van der Waals surface area contributed by atoms with Gasteiger partial charge >= 0.3 is 0 Å². The van der Waals surface area contributed by atoms with Crippen molar-refractivity contribution in [3.8, 4) is 17.3 Å². The molecule has 2 fully saturated rings. The highest BCUT2D eigenvalue weighted by atomic mass is 16.3. The Kier molecular flexibility index (Phi) is 6.44. The number of nitrogens with zero attached hydrogens (tertiary/aromatic N) is 4. The Morgan fingerprint density at radius 2 is 1.97 bits per heavy atom. The zero-order chi connectivity index (χ0) is 24.5. The summed E-state index contributed by atoms with van der Waals surface area (Å²) in [6, 6.07) is 12.0. The van der Waals surface area contributed by atoms with Gasteiger partial charge in [0.05, 0.1) is 30.0 Å². The summed E-state index contributed by atoms with van der Waals surface area (Å²) in [5.41, 5.74) is 3.37. The van der Waals surface area contributed by atoms with E-state index in [1.165, 1.54) is 48.2 Å². The number of aliphatic hydroxyl groups excluding tert-OH is 1. The van der Waals surface area contributed by atoms with Crippen molar-refractivity contribution in [1.29, 1.82) is 5.26 Å². The molecule has 1 aromatic carbocycles. The number of benzene rings is 1. The van der Waals surface area contributed by atoms with Crippen molar-refractivity contribution < 1.29 is 9.90 Å². The molecular formula is C27H31N5O3. The third-order valence-electron chi connectivity index (χ3n) is 7.57. The van der Waals surface area contributed by atoms with Crippen molar-refractivity contribution in [1.82, 2.24) is 19.5 Å². The number of rotatable bonds is 5. The first-order valence-electron chi connectivity index (χ1n) is 12.6. The molecule has 8 nitrogen and oxygen atoms in total. The van der Waals surface area contributed by atoms with Crippen molar-refractivity contribution >= 4 is 11.6 Å². The van der Waals surface area contributed by atoms with Gasteiger partial charge in [-0.1, -0.05) is 50.5 Å². The molecule has 2 aromatic heterocycles. The predicted molar refractivity (Wildman–Crippen MR) is 132 cm³/mol. The first-order valence-corrected chi connectivity index (χ1v) is 12.6. The first-order chi connectivity index (χ1) is 17.0. The number of hydrogen-bond donors (Lipinski definition) is 2. The van der Waals surface area contributed by atoms with Crippen LogP contribution in [0.2, 0.25) is 0 Å². The smallest absolute Gasteiger partial charge is 0.273 e. The Morgan fingerprint density at radius 1 is 1.23 bits per heavy atom. The Hall–Kier alpha value is -3.44. The fourth-order valence-electron chi connectivity index (χ4n) is 5.43. The van der Waals surface area contributed by atoms with Gasteiger partial charge in [-0.2, -0.15) is 5.26 Å². The van der Waals surface area contributed by atoms with E-state index in [2.05, 4.69) is 23.3 Å². The van der Waals surface area contributed by atoms with Crippen LogP contribution in [0, 0.1) is 17.2 Å². The van der Waals surface area contributed by atoms with Gasteiger partial charge in [0.15, 0.2) is 5.65 Å². The van der Waals surface area contributed by atoms with Crippen LogP contribution < -0.4 is 5.56 Å². The fraction of sp³-hybridized carbons (Fsp3) is 0.481. The highest BCUT2D eigenvalue weighted by molar-refractivity contribution is 6.01. The Labute approximate surface area is 204 Å². The molecule has 2 atom stereocenters. The summed E-state index contributed by atoms with van der Waals surface area (Å²) in [7, 11) is 0. The average molecular weight is 474 g/mol. The molecule has 2 aliphatic rings. The van der Waals surface area contributed by atoms with Crippen molar-refractivity contribution in [2.45, 2.75) is 57.3 Å². The van der Waals surface area contributed by atoms with Gasteiger partial charge in [0.2, 0.25) is 0 Å². The predicted octanol–water partition coefficient (Wildman–Crippen LogP) is 3.82. The van der Waals surface area contributed by atoms with Crippen molar-refractivity contribution in [2.24, 2.45) is 5.92 Å². The van der Waals surface area contributed by atoms with Gasteiger partial charge in [0.1, 0.15) is 5.56 Å². The number of carbonyl (C=O) groups excluding carboxylic acids is 1. The lowest BCUT2D eigenvalue weighted by molar-refractivity contribution is 0.0789. The zero-order valence-corrected chi connectivity index (χ0v) is 20.0. The van der Waals surface area contributed by atoms with Crippen LogP contribution in [0.1, 0.15) is 78.9 Å². The summed E-state index contributed by atoms with van der Waals surface area (Å²) in [4.78, 5) is 33.0. The normalized spacial score (nSPS) is 19.7. The van der Waals surface area contributed by atoms with Crippen LogP contribution >= 0.6 is 0 Å². The second kappa shape index (κ2) is 9.67. The van der Waals surface area contributed by atoms with Gasteiger partial charge in [0.25, 0.3) is 11.5 Å². The number of amides is 1. The Morgan fingerprint density at radius 3 is 2.63 bits per heavy atom. The van der Waals surface area contributed by atoms with E-state index < -0.39 is 0 Å². The number of nitrogens with one attached hydrogen (secondary N) is 1. The number of H-pyrrole nitrogens is 1. The third-order valence-corrected chi connectivity index (χ3v) is 7.57. The van der Waals surface area contributed by atoms with E-state index in [0.29, 0.717) is 42.4 Å². The summed E-state index contributed by atoms with van der Waals surface area (Å²) in [5, 5.41) is 22.1.